The number of imidazole rings is 2. The van der Waals surface area contributed by atoms with Crippen LogP contribution in [0.2, 0.25) is 0 Å². The first-order valence-electron chi connectivity index (χ1n) is 7.81. The van der Waals surface area contributed by atoms with Crippen molar-refractivity contribution < 1.29 is 13.2 Å². The molecule has 2 aromatic rings. The van der Waals surface area contributed by atoms with Crippen molar-refractivity contribution in [3.63, 3.8) is 0 Å². The molecule has 1 N–H and O–H groups in total. The second-order valence-corrected chi connectivity index (χ2v) is 8.09. The summed E-state index contributed by atoms with van der Waals surface area (Å²) < 4.78 is 34.7. The molecule has 1 fully saturated rings. The summed E-state index contributed by atoms with van der Waals surface area (Å²) in [5.74, 6) is 1.30. The van der Waals surface area contributed by atoms with Gasteiger partial charge in [-0.3, -0.25) is 0 Å². The Kier molecular flexibility index (Phi) is 4.27. The Balaban J connectivity index is 2.02. The van der Waals surface area contributed by atoms with Crippen molar-refractivity contribution in [2.24, 2.45) is 7.05 Å². The Morgan fingerprint density at radius 2 is 2.00 bits per heavy atom. The van der Waals surface area contributed by atoms with Gasteiger partial charge in [-0.15, -0.1) is 0 Å². The van der Waals surface area contributed by atoms with Gasteiger partial charge in [-0.05, 0) is 27.2 Å². The predicted molar refractivity (Wildman–Crippen MR) is 88.1 cm³/mol. The molecule has 0 spiro atoms. The molecule has 0 aliphatic carbocycles. The predicted octanol–water partition coefficient (Wildman–Crippen LogP) is 1.22. The van der Waals surface area contributed by atoms with Crippen molar-refractivity contribution >= 4 is 10.0 Å². The lowest BCUT2D eigenvalue weighted by Gasteiger charge is -2.21. The van der Waals surface area contributed by atoms with Crippen LogP contribution in [0.3, 0.4) is 0 Å². The van der Waals surface area contributed by atoms with Crippen LogP contribution in [-0.4, -0.2) is 52.0 Å². The Morgan fingerprint density at radius 3 is 2.50 bits per heavy atom. The van der Waals surface area contributed by atoms with Gasteiger partial charge in [0.1, 0.15) is 11.6 Å². The van der Waals surface area contributed by atoms with Crippen molar-refractivity contribution in [1.29, 1.82) is 0 Å². The quantitative estimate of drug-likeness (QED) is 0.892. The number of H-pyrrole nitrogens is 1. The largest absolute Gasteiger partial charge is 0.380 e. The average Bonchev–Trinajstić information content (AvgIpc) is 3.19. The molecule has 132 valence electrons. The fourth-order valence-electron chi connectivity index (χ4n) is 2.96. The Morgan fingerprint density at radius 1 is 1.29 bits per heavy atom. The second kappa shape index (κ2) is 5.98. The second-order valence-electron chi connectivity index (χ2n) is 6.25. The summed E-state index contributed by atoms with van der Waals surface area (Å²) in [6.07, 6.45) is 1.94. The summed E-state index contributed by atoms with van der Waals surface area (Å²) >= 11 is 0. The smallest absolute Gasteiger partial charge is 0.262 e. The van der Waals surface area contributed by atoms with Crippen LogP contribution in [0.4, 0.5) is 0 Å². The SMILES string of the molecule is CO[C@@H]1C[C@@H](c2nc(C)c(C)[nH]2)N(S(=O)(=O)c2cn(C)c(C)n2)C1. The summed E-state index contributed by atoms with van der Waals surface area (Å²) in [6, 6.07) is -0.380. The van der Waals surface area contributed by atoms with Crippen LogP contribution in [-0.2, 0) is 21.8 Å². The van der Waals surface area contributed by atoms with E-state index in [0.717, 1.165) is 11.4 Å². The maximum atomic E-state index is 13.1. The number of nitrogens with one attached hydrogen (secondary N) is 1. The topological polar surface area (TPSA) is 93.1 Å². The normalized spacial score (nSPS) is 22.4. The van der Waals surface area contributed by atoms with Crippen LogP contribution >= 0.6 is 0 Å². The number of hydrogen-bond donors (Lipinski definition) is 1. The highest BCUT2D eigenvalue weighted by Crippen LogP contribution is 2.36. The first-order chi connectivity index (χ1) is 11.2. The molecular formula is C15H23N5O3S. The lowest BCUT2D eigenvalue weighted by atomic mass is 10.2. The van der Waals surface area contributed by atoms with Crippen LogP contribution < -0.4 is 0 Å². The third-order valence-electron chi connectivity index (χ3n) is 4.67. The molecule has 2 atom stereocenters. The van der Waals surface area contributed by atoms with E-state index in [1.54, 1.807) is 31.8 Å². The van der Waals surface area contributed by atoms with Gasteiger partial charge in [0, 0.05) is 32.6 Å². The van der Waals surface area contributed by atoms with E-state index in [1.807, 2.05) is 13.8 Å². The fraction of sp³-hybridized carbons (Fsp3) is 0.600. The zero-order valence-corrected chi connectivity index (χ0v) is 15.4. The van der Waals surface area contributed by atoms with Gasteiger partial charge >= 0.3 is 0 Å². The van der Waals surface area contributed by atoms with Crippen molar-refractivity contribution in [2.75, 3.05) is 13.7 Å². The number of aromatic amines is 1. The number of aryl methyl sites for hydroxylation is 4. The molecule has 1 aliphatic heterocycles. The van der Waals surface area contributed by atoms with E-state index in [4.69, 9.17) is 4.74 Å². The zero-order chi connectivity index (χ0) is 17.6. The number of aromatic nitrogens is 4. The van der Waals surface area contributed by atoms with Gasteiger partial charge in [-0.1, -0.05) is 0 Å². The molecular weight excluding hydrogens is 330 g/mol. The molecule has 0 amide bonds. The van der Waals surface area contributed by atoms with Crippen molar-refractivity contribution in [2.45, 2.75) is 44.4 Å². The van der Waals surface area contributed by atoms with Gasteiger partial charge in [0.15, 0.2) is 5.03 Å². The van der Waals surface area contributed by atoms with E-state index in [9.17, 15) is 8.42 Å². The number of nitrogens with zero attached hydrogens (tertiary/aromatic N) is 4. The zero-order valence-electron chi connectivity index (χ0n) is 14.6. The highest BCUT2D eigenvalue weighted by Gasteiger charge is 2.43. The van der Waals surface area contributed by atoms with Crippen molar-refractivity contribution in [1.82, 2.24) is 23.8 Å². The lowest BCUT2D eigenvalue weighted by molar-refractivity contribution is 0.114. The third-order valence-corrected chi connectivity index (χ3v) is 6.42. The molecule has 0 unspecified atom stereocenters. The van der Waals surface area contributed by atoms with Gasteiger partial charge in [-0.25, -0.2) is 18.4 Å². The summed E-state index contributed by atoms with van der Waals surface area (Å²) in [4.78, 5) is 11.9. The molecule has 2 aromatic heterocycles. The minimum Gasteiger partial charge on any atom is -0.380 e. The standard InChI is InChI=1S/C15H23N5O3S/c1-9-10(2)17-15(16-9)13-6-12(23-5)7-20(13)24(21,22)14-8-19(4)11(3)18-14/h8,12-13H,6-7H2,1-5H3,(H,16,17)/t12-,13+/m1/s1. The highest BCUT2D eigenvalue weighted by atomic mass is 32.2. The minimum atomic E-state index is -3.72. The molecule has 0 aromatic carbocycles. The average molecular weight is 353 g/mol. The van der Waals surface area contributed by atoms with E-state index in [1.165, 1.54) is 4.31 Å². The Hall–Kier alpha value is -1.71. The number of sulfonamides is 1. The molecule has 9 heteroatoms. The van der Waals surface area contributed by atoms with Crippen LogP contribution in [0.25, 0.3) is 0 Å². The van der Waals surface area contributed by atoms with Gasteiger partial charge in [0.05, 0.1) is 17.8 Å². The van der Waals surface area contributed by atoms with E-state index in [2.05, 4.69) is 15.0 Å². The highest BCUT2D eigenvalue weighted by molar-refractivity contribution is 7.89. The summed E-state index contributed by atoms with van der Waals surface area (Å²) in [5.41, 5.74) is 1.81. The number of hydrogen-bond acceptors (Lipinski definition) is 5. The summed E-state index contributed by atoms with van der Waals surface area (Å²) in [6.45, 7) is 5.89. The number of ether oxygens (including phenoxy) is 1. The van der Waals surface area contributed by atoms with Crippen LogP contribution in [0.15, 0.2) is 11.2 Å². The number of rotatable bonds is 4. The minimum absolute atomic E-state index is 0.0595. The lowest BCUT2D eigenvalue weighted by Crippen LogP contribution is -2.32. The summed E-state index contributed by atoms with van der Waals surface area (Å²) in [5, 5.41) is 0.0595. The molecule has 3 rings (SSSR count). The van der Waals surface area contributed by atoms with E-state index >= 15 is 0 Å². The van der Waals surface area contributed by atoms with Gasteiger partial charge < -0.3 is 14.3 Å². The van der Waals surface area contributed by atoms with Gasteiger partial charge in [0.2, 0.25) is 0 Å². The van der Waals surface area contributed by atoms with Crippen molar-refractivity contribution in [3.8, 4) is 0 Å². The van der Waals surface area contributed by atoms with Gasteiger partial charge in [-0.2, -0.15) is 4.31 Å². The molecule has 0 bridgehead atoms. The molecule has 3 heterocycles. The van der Waals surface area contributed by atoms with E-state index in [0.29, 0.717) is 18.1 Å². The molecule has 0 radical (unpaired) electrons. The first kappa shape index (κ1) is 17.1. The Labute approximate surface area is 141 Å². The third kappa shape index (κ3) is 2.76. The molecule has 1 saturated heterocycles. The maximum absolute atomic E-state index is 13.1. The molecule has 0 saturated carbocycles. The Bertz CT molecular complexity index is 816. The van der Waals surface area contributed by atoms with E-state index < -0.39 is 10.0 Å². The van der Waals surface area contributed by atoms with E-state index in [-0.39, 0.29) is 23.7 Å². The summed E-state index contributed by atoms with van der Waals surface area (Å²) in [7, 11) is -0.346. The van der Waals surface area contributed by atoms with Gasteiger partial charge in [0.25, 0.3) is 10.0 Å². The number of methoxy groups -OCH3 is 1. The van der Waals surface area contributed by atoms with Crippen LogP contribution in [0, 0.1) is 20.8 Å². The molecule has 1 aliphatic rings. The molecule has 8 nitrogen and oxygen atoms in total. The molecule has 24 heavy (non-hydrogen) atoms. The fourth-order valence-corrected chi connectivity index (χ4v) is 4.62. The van der Waals surface area contributed by atoms with Crippen molar-refractivity contribution in [3.05, 3.63) is 29.2 Å². The van der Waals surface area contributed by atoms with Crippen LogP contribution in [0.1, 0.15) is 35.5 Å². The maximum Gasteiger partial charge on any atom is 0.262 e. The monoisotopic (exact) mass is 353 g/mol. The van der Waals surface area contributed by atoms with Crippen LogP contribution in [0.5, 0.6) is 0 Å². The first-order valence-corrected chi connectivity index (χ1v) is 9.25.